The van der Waals surface area contributed by atoms with Gasteiger partial charge in [0.25, 0.3) is 0 Å². The lowest BCUT2D eigenvalue weighted by Crippen LogP contribution is -2.80. The number of carbonyl (C=O) groups is 1. The van der Waals surface area contributed by atoms with E-state index < -0.39 is 103 Å². The van der Waals surface area contributed by atoms with E-state index in [1.807, 2.05) is 71.0 Å². The number of esters is 1. The fraction of sp³-hybridized carbons (Fsp3) is 0.842. The molecule has 4 aliphatic heterocycles. The maximum atomic E-state index is 14.6. The minimum absolute atomic E-state index is 0.0389. The number of nitrogens with two attached hydrogens (primary N) is 1. The first-order valence-corrected chi connectivity index (χ1v) is 28.0. The molecule has 4 fully saturated rings. The molecule has 0 saturated carbocycles. The SMILES string of the molecule is CC[C@H]1OC(=O)[C@H](C)[C@@H](O[C@H]2C[C@@](C)(OC)[C@@H](O)[C@H](C)O2)[C@H](C)[C@@H](O[C@H]2C[C@@H](CN(C)CCC(C=[NH+][C@H](CF)[C@H](OC)c3ccc(N4CC[C@H](F)C4)cc3)=NN)C[C@@H](C)O2)[C@](C)(O)C[C@@H](C)CN(C)[C@H](C)[C@@H](C)[C@]1(C)O. The van der Waals surface area contributed by atoms with Gasteiger partial charge in [0, 0.05) is 89.8 Å². The number of benzene rings is 1. The number of cyclic esters (lactones) is 1. The van der Waals surface area contributed by atoms with Crippen LogP contribution in [0.3, 0.4) is 0 Å². The summed E-state index contributed by atoms with van der Waals surface area (Å²) < 4.78 is 73.3. The summed E-state index contributed by atoms with van der Waals surface area (Å²) in [5.74, 6) is 3.50. The molecule has 20 atom stereocenters. The summed E-state index contributed by atoms with van der Waals surface area (Å²) in [5.41, 5.74) is -1.61. The van der Waals surface area contributed by atoms with Crippen LogP contribution in [0.15, 0.2) is 29.4 Å². The molecule has 0 radical (unpaired) electrons. The van der Waals surface area contributed by atoms with Crippen LogP contribution in [0, 0.1) is 29.6 Å². The smallest absolute Gasteiger partial charge is 0.311 e. The van der Waals surface area contributed by atoms with Crippen molar-refractivity contribution in [1.82, 2.24) is 9.80 Å². The molecule has 0 aromatic heterocycles. The van der Waals surface area contributed by atoms with E-state index in [9.17, 15) is 28.9 Å². The second kappa shape index (κ2) is 28.0. The number of alkyl halides is 2. The molecule has 19 heteroatoms. The van der Waals surface area contributed by atoms with E-state index in [0.717, 1.165) is 17.7 Å². The number of aliphatic hydroxyl groups is 3. The van der Waals surface area contributed by atoms with Gasteiger partial charge in [-0.1, -0.05) is 39.8 Å². The Morgan fingerprint density at radius 2 is 1.70 bits per heavy atom. The van der Waals surface area contributed by atoms with Crippen LogP contribution in [0.1, 0.15) is 133 Å². The molecular weight excluding hydrogens is 983 g/mol. The highest BCUT2D eigenvalue weighted by Gasteiger charge is 2.52. The van der Waals surface area contributed by atoms with Crippen molar-refractivity contribution in [2.24, 2.45) is 40.5 Å². The molecule has 0 spiro atoms. The Morgan fingerprint density at radius 1 is 1.01 bits per heavy atom. The molecule has 1 aromatic rings. The maximum Gasteiger partial charge on any atom is 0.311 e. The van der Waals surface area contributed by atoms with Gasteiger partial charge in [0.15, 0.2) is 25.5 Å². The zero-order valence-electron chi connectivity index (χ0n) is 48.6. The minimum atomic E-state index is -1.47. The minimum Gasteiger partial charge on any atom is -0.459 e. The highest BCUT2D eigenvalue weighted by atomic mass is 19.1. The molecule has 436 valence electrons. The Morgan fingerprint density at radius 3 is 2.29 bits per heavy atom. The van der Waals surface area contributed by atoms with E-state index in [1.165, 1.54) is 7.11 Å². The summed E-state index contributed by atoms with van der Waals surface area (Å²) in [6.45, 7) is 23.0. The number of hydrogen-bond acceptors (Lipinski definition) is 16. The Hall–Kier alpha value is -2.95. The second-order valence-corrected chi connectivity index (χ2v) is 23.9. The fourth-order valence-corrected chi connectivity index (χ4v) is 12.6. The Bertz CT molecular complexity index is 2010. The summed E-state index contributed by atoms with van der Waals surface area (Å²) in [6.07, 6.45) is -2.82. The molecular formula is C57H99F2N6O11+. The van der Waals surface area contributed by atoms with E-state index >= 15 is 0 Å². The number of halogens is 2. The monoisotopic (exact) mass is 1080 g/mol. The van der Waals surface area contributed by atoms with Gasteiger partial charge in [0.05, 0.1) is 41.5 Å². The number of carbonyl (C=O) groups excluding carboxylic acids is 1. The van der Waals surface area contributed by atoms with Crippen LogP contribution in [-0.4, -0.2) is 195 Å². The van der Waals surface area contributed by atoms with Crippen LogP contribution in [-0.2, 0) is 38.0 Å². The molecule has 6 N–H and O–H groups in total. The van der Waals surface area contributed by atoms with Crippen molar-refractivity contribution in [2.45, 2.75) is 211 Å². The lowest BCUT2D eigenvalue weighted by Gasteiger charge is -2.48. The zero-order valence-corrected chi connectivity index (χ0v) is 48.6. The summed E-state index contributed by atoms with van der Waals surface area (Å²) in [4.78, 5) is 24.1. The number of aliphatic hydroxyl groups excluding tert-OH is 1. The van der Waals surface area contributed by atoms with Gasteiger partial charge in [0.2, 0.25) is 6.04 Å². The molecule has 1 aromatic carbocycles. The third-order valence-corrected chi connectivity index (χ3v) is 17.6. The summed E-state index contributed by atoms with van der Waals surface area (Å²) in [6, 6.07) is 6.79. The number of nitrogens with one attached hydrogen (secondary N) is 1. The van der Waals surface area contributed by atoms with Gasteiger partial charge in [-0.2, -0.15) is 5.10 Å². The van der Waals surface area contributed by atoms with Crippen molar-refractivity contribution in [2.75, 3.05) is 72.6 Å². The van der Waals surface area contributed by atoms with Gasteiger partial charge in [-0.25, -0.2) is 13.8 Å². The number of hydrogen-bond donors (Lipinski definition) is 5. The van der Waals surface area contributed by atoms with Crippen LogP contribution in [0.25, 0.3) is 0 Å². The van der Waals surface area contributed by atoms with Crippen LogP contribution in [0.5, 0.6) is 0 Å². The predicted octanol–water partition coefficient (Wildman–Crippen LogP) is 4.95. The summed E-state index contributed by atoms with van der Waals surface area (Å²) in [5, 5.41) is 40.2. The third-order valence-electron chi connectivity index (χ3n) is 17.6. The van der Waals surface area contributed by atoms with Crippen molar-refractivity contribution < 1.29 is 67.0 Å². The summed E-state index contributed by atoms with van der Waals surface area (Å²) in [7, 11) is 7.12. The topological polar surface area (TPSA) is 204 Å². The van der Waals surface area contributed by atoms with Crippen LogP contribution >= 0.6 is 0 Å². The zero-order chi connectivity index (χ0) is 56.4. The highest BCUT2D eigenvalue weighted by Crippen LogP contribution is 2.41. The number of anilines is 1. The van der Waals surface area contributed by atoms with Crippen molar-refractivity contribution >= 4 is 23.6 Å². The first-order valence-electron chi connectivity index (χ1n) is 28.0. The molecule has 0 unspecified atom stereocenters. The lowest BCUT2D eigenvalue weighted by atomic mass is 9.77. The molecule has 76 heavy (non-hydrogen) atoms. The molecule has 4 saturated heterocycles. The Balaban J connectivity index is 1.35. The van der Waals surface area contributed by atoms with Crippen molar-refractivity contribution in [3.8, 4) is 0 Å². The van der Waals surface area contributed by atoms with E-state index in [0.29, 0.717) is 70.5 Å². The number of nitrogens with zero attached hydrogens (tertiary/aromatic N) is 4. The third kappa shape index (κ3) is 16.1. The molecule has 4 aliphatic rings. The quantitative estimate of drug-likeness (QED) is 0.0571. The Kier molecular flexibility index (Phi) is 23.5. The van der Waals surface area contributed by atoms with Gasteiger partial charge < -0.3 is 69.0 Å². The standard InChI is InChI=1S/C57H98F2N6O11/c1-16-47-57(11,69)38(6)39(7)64(13)31-34(2)27-55(9,68)53(36(4)50(37(5)54(67)74-47)75-49-28-56(10,71-15)52(66)40(8)73-49)76-48-26-41(25-35(3)72-48)32-63(12)23-22-44(62-60)30-61-46(29-58)51(70-14)42-17-19-45(20-18-42)65-24-21-43(59)33-65/h17-20,30,34-41,43,46-53,66,68-69H,16,21-29,31-33,60H2,1-15H3/p+1/t34-,35-,36+,37-,38-,39-,40+,41+,43+,46-,47-,48+,49+,50+,51-,52+,53-,55-,56-,57+/m1/s1. The van der Waals surface area contributed by atoms with Gasteiger partial charge >= 0.3 is 5.97 Å². The molecule has 5 rings (SSSR count). The van der Waals surface area contributed by atoms with E-state index in [4.69, 9.17) is 39.0 Å². The molecule has 4 heterocycles. The molecule has 0 bridgehead atoms. The number of hydrazone groups is 1. The summed E-state index contributed by atoms with van der Waals surface area (Å²) >= 11 is 0. The average Bonchev–Trinajstić information content (AvgIpc) is 3.81. The molecule has 0 amide bonds. The van der Waals surface area contributed by atoms with Crippen molar-refractivity contribution in [3.05, 3.63) is 29.8 Å². The highest BCUT2D eigenvalue weighted by molar-refractivity contribution is 6.28. The van der Waals surface area contributed by atoms with Crippen molar-refractivity contribution in [3.63, 3.8) is 0 Å². The predicted molar refractivity (Wildman–Crippen MR) is 290 cm³/mol. The number of rotatable bonds is 18. The first kappa shape index (κ1) is 63.9. The molecule has 17 nitrogen and oxygen atoms in total. The number of methoxy groups -OCH3 is 2. The van der Waals surface area contributed by atoms with Gasteiger partial charge in [-0.15, -0.1) is 0 Å². The van der Waals surface area contributed by atoms with Gasteiger partial charge in [0.1, 0.15) is 35.8 Å². The lowest BCUT2D eigenvalue weighted by molar-refractivity contribution is -0.514. The number of ether oxygens (including phenoxy) is 7. The van der Waals surface area contributed by atoms with Crippen molar-refractivity contribution in [1.29, 1.82) is 0 Å². The van der Waals surface area contributed by atoms with Crippen LogP contribution in [0.4, 0.5) is 14.5 Å². The van der Waals surface area contributed by atoms with E-state index in [2.05, 4.69) is 33.7 Å². The first-order chi connectivity index (χ1) is 35.7. The average molecular weight is 1080 g/mol. The largest absolute Gasteiger partial charge is 0.459 e. The van der Waals surface area contributed by atoms with Crippen LogP contribution < -0.4 is 15.7 Å². The van der Waals surface area contributed by atoms with E-state index in [1.54, 1.807) is 47.9 Å². The van der Waals surface area contributed by atoms with Gasteiger partial charge in [-0.05, 0) is 118 Å². The molecule has 0 aliphatic carbocycles. The fourth-order valence-electron chi connectivity index (χ4n) is 12.6. The second-order valence-electron chi connectivity index (χ2n) is 23.9. The normalized spacial score (nSPS) is 40.0. The van der Waals surface area contributed by atoms with Crippen LogP contribution in [0.2, 0.25) is 0 Å². The van der Waals surface area contributed by atoms with E-state index in [-0.39, 0.29) is 36.3 Å². The van der Waals surface area contributed by atoms with Gasteiger partial charge in [-0.3, -0.25) is 4.79 Å². The maximum absolute atomic E-state index is 14.6. The Labute approximate surface area is 453 Å².